The molecule has 2 saturated heterocycles. The van der Waals surface area contributed by atoms with Gasteiger partial charge >= 0.3 is 0 Å². The van der Waals surface area contributed by atoms with E-state index in [1.165, 1.54) is 31.4 Å². The third-order valence-electron chi connectivity index (χ3n) is 4.04. The number of hydrogen-bond acceptors (Lipinski definition) is 2. The van der Waals surface area contributed by atoms with Gasteiger partial charge in [-0.2, -0.15) is 0 Å². The number of ether oxygens (including phenoxy) is 1. The Morgan fingerprint density at radius 2 is 2.41 bits per heavy atom. The molecule has 17 heavy (non-hydrogen) atoms. The molecule has 3 heterocycles. The summed E-state index contributed by atoms with van der Waals surface area (Å²) in [6, 6.07) is 4.94. The number of aromatic nitrogens is 1. The van der Waals surface area contributed by atoms with Crippen molar-refractivity contribution in [3.8, 4) is 0 Å². The van der Waals surface area contributed by atoms with Gasteiger partial charge in [-0.05, 0) is 37.8 Å². The summed E-state index contributed by atoms with van der Waals surface area (Å²) in [6.07, 6.45) is 8.12. The number of rotatable bonds is 5. The normalized spacial score (nSPS) is 31.2. The number of hydrogen-bond donors (Lipinski definition) is 1. The highest BCUT2D eigenvalue weighted by atomic mass is 16.5. The molecule has 0 spiro atoms. The molecule has 0 radical (unpaired) electrons. The monoisotopic (exact) mass is 234 g/mol. The first-order valence-corrected chi connectivity index (χ1v) is 6.89. The summed E-state index contributed by atoms with van der Waals surface area (Å²) in [5.74, 6) is 0. The van der Waals surface area contributed by atoms with Crippen molar-refractivity contribution >= 4 is 0 Å². The highest BCUT2D eigenvalue weighted by molar-refractivity contribution is 5.07. The lowest BCUT2D eigenvalue weighted by Crippen LogP contribution is -2.37. The summed E-state index contributed by atoms with van der Waals surface area (Å²) in [6.45, 7) is 4.32. The van der Waals surface area contributed by atoms with E-state index in [-0.39, 0.29) is 0 Å². The molecule has 2 bridgehead atoms. The number of nitrogens with zero attached hydrogens (tertiary/aromatic N) is 1. The van der Waals surface area contributed by atoms with Gasteiger partial charge in [0.15, 0.2) is 0 Å². The second-order valence-corrected chi connectivity index (χ2v) is 5.29. The molecule has 3 rings (SSSR count). The molecule has 0 amide bonds. The van der Waals surface area contributed by atoms with Crippen molar-refractivity contribution in [3.63, 3.8) is 0 Å². The van der Waals surface area contributed by atoms with Gasteiger partial charge in [-0.3, -0.25) is 0 Å². The minimum atomic E-state index is 0.481. The zero-order valence-corrected chi connectivity index (χ0v) is 10.6. The summed E-state index contributed by atoms with van der Waals surface area (Å²) in [5.41, 5.74) is 1.40. The van der Waals surface area contributed by atoms with Gasteiger partial charge in [0.1, 0.15) is 0 Å². The number of nitrogens with one attached hydrogen (secondary N) is 1. The van der Waals surface area contributed by atoms with Crippen LogP contribution in [0.4, 0.5) is 0 Å². The lowest BCUT2D eigenvalue weighted by atomic mass is 9.95. The zero-order valence-electron chi connectivity index (χ0n) is 10.6. The van der Waals surface area contributed by atoms with Crippen molar-refractivity contribution in [2.75, 3.05) is 0 Å². The molecule has 1 aromatic rings. The highest BCUT2D eigenvalue weighted by Crippen LogP contribution is 2.34. The average Bonchev–Trinajstić information content (AvgIpc) is 3.02. The Kier molecular flexibility index (Phi) is 3.21. The van der Waals surface area contributed by atoms with Crippen molar-refractivity contribution < 1.29 is 4.74 Å². The third-order valence-corrected chi connectivity index (χ3v) is 4.04. The van der Waals surface area contributed by atoms with Crippen LogP contribution in [0.15, 0.2) is 18.3 Å². The van der Waals surface area contributed by atoms with E-state index in [1.807, 2.05) is 0 Å². The van der Waals surface area contributed by atoms with Crippen molar-refractivity contribution in [1.82, 2.24) is 9.88 Å². The van der Waals surface area contributed by atoms with Gasteiger partial charge in [0.05, 0.1) is 12.2 Å². The van der Waals surface area contributed by atoms with Crippen LogP contribution >= 0.6 is 0 Å². The van der Waals surface area contributed by atoms with Crippen LogP contribution in [0.1, 0.15) is 38.3 Å². The molecule has 1 N–H and O–H groups in total. The van der Waals surface area contributed by atoms with Crippen LogP contribution in [0.25, 0.3) is 0 Å². The predicted octanol–water partition coefficient (Wildman–Crippen LogP) is 2.31. The minimum Gasteiger partial charge on any atom is -0.373 e. The van der Waals surface area contributed by atoms with Crippen molar-refractivity contribution in [2.45, 2.75) is 63.9 Å². The fourth-order valence-corrected chi connectivity index (χ4v) is 3.16. The molecule has 3 atom stereocenters. The fourth-order valence-electron chi connectivity index (χ4n) is 3.16. The Balaban J connectivity index is 1.55. The van der Waals surface area contributed by atoms with E-state index in [0.717, 1.165) is 13.1 Å². The lowest BCUT2D eigenvalue weighted by Gasteiger charge is -2.20. The maximum atomic E-state index is 5.86. The summed E-state index contributed by atoms with van der Waals surface area (Å²) >= 11 is 0. The quantitative estimate of drug-likeness (QED) is 0.846. The van der Waals surface area contributed by atoms with Crippen LogP contribution in [0.5, 0.6) is 0 Å². The molecule has 2 aliphatic rings. The first kappa shape index (κ1) is 11.3. The van der Waals surface area contributed by atoms with Crippen molar-refractivity contribution in [2.24, 2.45) is 0 Å². The van der Waals surface area contributed by atoms with Gasteiger partial charge in [-0.15, -0.1) is 0 Å². The molecule has 94 valence electrons. The Bertz CT molecular complexity index is 374. The summed E-state index contributed by atoms with van der Waals surface area (Å²) < 4.78 is 8.21. The topological polar surface area (TPSA) is 26.2 Å². The van der Waals surface area contributed by atoms with Crippen molar-refractivity contribution in [3.05, 3.63) is 24.0 Å². The van der Waals surface area contributed by atoms with Crippen LogP contribution in [-0.4, -0.2) is 22.8 Å². The Morgan fingerprint density at radius 1 is 1.47 bits per heavy atom. The number of fused-ring (bicyclic) bond motifs is 2. The first-order chi connectivity index (χ1) is 8.36. The van der Waals surface area contributed by atoms with Gasteiger partial charge in [0, 0.05) is 31.0 Å². The average molecular weight is 234 g/mol. The van der Waals surface area contributed by atoms with E-state index in [4.69, 9.17) is 4.74 Å². The SMILES string of the molecule is CCCn1cccc1CNC1CC2CCC1O2. The second kappa shape index (κ2) is 4.83. The zero-order chi connectivity index (χ0) is 11.7. The largest absolute Gasteiger partial charge is 0.373 e. The molecule has 0 aromatic carbocycles. The van der Waals surface area contributed by atoms with E-state index in [0.29, 0.717) is 18.2 Å². The summed E-state index contributed by atoms with van der Waals surface area (Å²) in [4.78, 5) is 0. The molecular weight excluding hydrogens is 212 g/mol. The Hall–Kier alpha value is -0.800. The predicted molar refractivity (Wildman–Crippen MR) is 67.9 cm³/mol. The van der Waals surface area contributed by atoms with Crippen LogP contribution < -0.4 is 5.32 Å². The van der Waals surface area contributed by atoms with Crippen LogP contribution in [0.3, 0.4) is 0 Å². The number of aryl methyl sites for hydroxylation is 1. The van der Waals surface area contributed by atoms with Crippen LogP contribution in [0, 0.1) is 0 Å². The molecule has 2 fully saturated rings. The van der Waals surface area contributed by atoms with Gasteiger partial charge in [0.2, 0.25) is 0 Å². The van der Waals surface area contributed by atoms with Gasteiger partial charge in [0.25, 0.3) is 0 Å². The minimum absolute atomic E-state index is 0.481. The molecule has 1 aromatic heterocycles. The first-order valence-electron chi connectivity index (χ1n) is 6.89. The Morgan fingerprint density at radius 3 is 3.12 bits per heavy atom. The Labute approximate surface area is 103 Å². The molecule has 0 saturated carbocycles. The smallest absolute Gasteiger partial charge is 0.0733 e. The molecule has 2 aliphatic heterocycles. The van der Waals surface area contributed by atoms with E-state index < -0.39 is 0 Å². The fraction of sp³-hybridized carbons (Fsp3) is 0.714. The molecule has 3 heteroatoms. The summed E-state index contributed by atoms with van der Waals surface area (Å²) in [7, 11) is 0. The lowest BCUT2D eigenvalue weighted by molar-refractivity contribution is 0.0972. The molecule has 3 nitrogen and oxygen atoms in total. The van der Waals surface area contributed by atoms with Crippen LogP contribution in [-0.2, 0) is 17.8 Å². The van der Waals surface area contributed by atoms with E-state index >= 15 is 0 Å². The highest BCUT2D eigenvalue weighted by Gasteiger charge is 2.40. The van der Waals surface area contributed by atoms with Gasteiger partial charge in [-0.25, -0.2) is 0 Å². The molecule has 0 aliphatic carbocycles. The summed E-state index contributed by atoms with van der Waals surface area (Å²) in [5, 5.41) is 3.67. The maximum Gasteiger partial charge on any atom is 0.0733 e. The molecular formula is C14H22N2O. The van der Waals surface area contributed by atoms with E-state index in [2.05, 4.69) is 35.1 Å². The van der Waals surface area contributed by atoms with E-state index in [1.54, 1.807) is 0 Å². The van der Waals surface area contributed by atoms with Gasteiger partial charge < -0.3 is 14.6 Å². The second-order valence-electron chi connectivity index (χ2n) is 5.29. The van der Waals surface area contributed by atoms with E-state index in [9.17, 15) is 0 Å². The third kappa shape index (κ3) is 2.26. The standard InChI is InChI=1S/C14H22N2O/c1-2-7-16-8-3-4-11(16)10-15-13-9-12-5-6-14(13)17-12/h3-4,8,12-15H,2,5-7,9-10H2,1H3. The maximum absolute atomic E-state index is 5.86. The van der Waals surface area contributed by atoms with Crippen molar-refractivity contribution in [1.29, 1.82) is 0 Å². The molecule has 3 unspecified atom stereocenters. The van der Waals surface area contributed by atoms with Crippen LogP contribution in [0.2, 0.25) is 0 Å². The van der Waals surface area contributed by atoms with Gasteiger partial charge in [-0.1, -0.05) is 6.92 Å².